The van der Waals surface area contributed by atoms with E-state index in [1.165, 1.54) is 6.33 Å². The summed E-state index contributed by atoms with van der Waals surface area (Å²) < 4.78 is 5.77. The molecule has 0 aliphatic heterocycles. The van der Waals surface area contributed by atoms with Crippen LogP contribution in [0.25, 0.3) is 0 Å². The number of anilines is 1. The molecule has 1 heterocycles. The molecular formula is C14H17N3O2. The Morgan fingerprint density at radius 1 is 1.21 bits per heavy atom. The number of hydrogen-bond donors (Lipinski definition) is 2. The van der Waals surface area contributed by atoms with Crippen LogP contribution in [-0.4, -0.2) is 22.1 Å². The summed E-state index contributed by atoms with van der Waals surface area (Å²) in [4.78, 5) is 8.34. The molecule has 0 amide bonds. The predicted octanol–water partition coefficient (Wildman–Crippen LogP) is 2.37. The van der Waals surface area contributed by atoms with Gasteiger partial charge in [-0.15, -0.1) is 0 Å². The van der Waals surface area contributed by atoms with Crippen LogP contribution < -0.4 is 10.1 Å². The quantitative estimate of drug-likeness (QED) is 0.862. The minimum absolute atomic E-state index is 0.0257. The molecule has 0 aliphatic rings. The minimum Gasteiger partial charge on any atom is -0.439 e. The van der Waals surface area contributed by atoms with E-state index in [1.54, 1.807) is 0 Å². The highest BCUT2D eigenvalue weighted by Crippen LogP contribution is 2.27. The van der Waals surface area contributed by atoms with Gasteiger partial charge in [-0.1, -0.05) is 19.1 Å². The number of ether oxygens (including phenoxy) is 1. The molecule has 0 radical (unpaired) electrons. The first kappa shape index (κ1) is 13.3. The second-order valence-electron chi connectivity index (χ2n) is 4.01. The highest BCUT2D eigenvalue weighted by molar-refractivity contribution is 5.49. The molecule has 5 heteroatoms. The molecule has 1 aromatic carbocycles. The zero-order valence-corrected chi connectivity index (χ0v) is 11.1. The van der Waals surface area contributed by atoms with Crippen LogP contribution in [0, 0.1) is 0 Å². The van der Waals surface area contributed by atoms with E-state index in [9.17, 15) is 0 Å². The zero-order valence-electron chi connectivity index (χ0n) is 11.1. The summed E-state index contributed by atoms with van der Waals surface area (Å²) in [5.41, 5.74) is 1.79. The fourth-order valence-electron chi connectivity index (χ4n) is 1.79. The van der Waals surface area contributed by atoms with Crippen molar-refractivity contribution in [3.63, 3.8) is 0 Å². The van der Waals surface area contributed by atoms with Crippen molar-refractivity contribution in [2.75, 3.05) is 12.4 Å². The van der Waals surface area contributed by atoms with Gasteiger partial charge >= 0.3 is 0 Å². The number of hydrogen-bond acceptors (Lipinski definition) is 5. The van der Waals surface area contributed by atoms with Crippen LogP contribution in [0.3, 0.4) is 0 Å². The van der Waals surface area contributed by atoms with Crippen LogP contribution in [0.2, 0.25) is 0 Å². The largest absolute Gasteiger partial charge is 0.439 e. The Kier molecular flexibility index (Phi) is 4.30. The third kappa shape index (κ3) is 3.00. The van der Waals surface area contributed by atoms with E-state index in [4.69, 9.17) is 9.84 Å². The molecule has 2 aromatic rings. The van der Waals surface area contributed by atoms with E-state index in [1.807, 2.05) is 38.2 Å². The zero-order chi connectivity index (χ0) is 13.7. The average Bonchev–Trinajstić information content (AvgIpc) is 2.47. The number of nitrogens with zero attached hydrogens (tertiary/aromatic N) is 2. The van der Waals surface area contributed by atoms with E-state index in [-0.39, 0.29) is 6.61 Å². The Bertz CT molecular complexity index is 541. The van der Waals surface area contributed by atoms with Gasteiger partial charge in [0, 0.05) is 7.05 Å². The van der Waals surface area contributed by atoms with Gasteiger partial charge in [0.2, 0.25) is 5.88 Å². The van der Waals surface area contributed by atoms with E-state index >= 15 is 0 Å². The van der Waals surface area contributed by atoms with E-state index < -0.39 is 0 Å². The molecule has 100 valence electrons. The summed E-state index contributed by atoms with van der Waals surface area (Å²) in [5, 5.41) is 12.0. The van der Waals surface area contributed by atoms with E-state index in [2.05, 4.69) is 15.3 Å². The van der Waals surface area contributed by atoms with Crippen LogP contribution in [-0.2, 0) is 13.0 Å². The second kappa shape index (κ2) is 6.15. The number of benzene rings is 1. The molecule has 0 unspecified atom stereocenters. The Morgan fingerprint density at radius 3 is 2.53 bits per heavy atom. The molecule has 0 fully saturated rings. The van der Waals surface area contributed by atoms with Crippen LogP contribution in [0.5, 0.6) is 11.6 Å². The molecule has 0 aliphatic carbocycles. The van der Waals surface area contributed by atoms with Crippen molar-refractivity contribution in [2.45, 2.75) is 20.0 Å². The Balaban J connectivity index is 2.26. The molecule has 0 spiro atoms. The monoisotopic (exact) mass is 259 g/mol. The first-order valence-corrected chi connectivity index (χ1v) is 6.17. The van der Waals surface area contributed by atoms with Gasteiger partial charge in [0.25, 0.3) is 0 Å². The van der Waals surface area contributed by atoms with E-state index in [0.29, 0.717) is 11.6 Å². The van der Waals surface area contributed by atoms with Gasteiger partial charge < -0.3 is 15.2 Å². The molecule has 5 nitrogen and oxygen atoms in total. The molecule has 0 atom stereocenters. The van der Waals surface area contributed by atoms with Gasteiger partial charge in [-0.3, -0.25) is 0 Å². The van der Waals surface area contributed by atoms with Crippen LogP contribution in [0.4, 0.5) is 5.82 Å². The third-order valence-corrected chi connectivity index (χ3v) is 2.82. The SMILES string of the molecule is CCc1c(NC)ncnc1Oc1ccc(CO)cc1. The average molecular weight is 259 g/mol. The molecule has 19 heavy (non-hydrogen) atoms. The van der Waals surface area contributed by atoms with Crippen molar-refractivity contribution in [1.82, 2.24) is 9.97 Å². The molecular weight excluding hydrogens is 242 g/mol. The van der Waals surface area contributed by atoms with Crippen LogP contribution >= 0.6 is 0 Å². The summed E-state index contributed by atoms with van der Waals surface area (Å²) in [6, 6.07) is 7.26. The fraction of sp³-hybridized carbons (Fsp3) is 0.286. The van der Waals surface area contributed by atoms with Crippen molar-refractivity contribution in [3.05, 3.63) is 41.7 Å². The highest BCUT2D eigenvalue weighted by Gasteiger charge is 2.10. The third-order valence-electron chi connectivity index (χ3n) is 2.82. The first-order chi connectivity index (χ1) is 9.28. The minimum atomic E-state index is 0.0257. The van der Waals surface area contributed by atoms with Crippen molar-refractivity contribution in [1.29, 1.82) is 0 Å². The standard InChI is InChI=1S/C14H17N3O2/c1-3-12-13(15-2)16-9-17-14(12)19-11-6-4-10(8-18)5-7-11/h4-7,9,18H,3,8H2,1-2H3,(H,15,16,17). The lowest BCUT2D eigenvalue weighted by molar-refractivity contribution is 0.281. The van der Waals surface area contributed by atoms with Crippen molar-refractivity contribution in [2.24, 2.45) is 0 Å². The van der Waals surface area contributed by atoms with Crippen LogP contribution in [0.1, 0.15) is 18.1 Å². The Hall–Kier alpha value is -2.14. The number of aliphatic hydroxyl groups is 1. The first-order valence-electron chi connectivity index (χ1n) is 6.17. The number of nitrogens with one attached hydrogen (secondary N) is 1. The van der Waals surface area contributed by atoms with Crippen LogP contribution in [0.15, 0.2) is 30.6 Å². The second-order valence-corrected chi connectivity index (χ2v) is 4.01. The topological polar surface area (TPSA) is 67.3 Å². The van der Waals surface area contributed by atoms with Gasteiger partial charge in [-0.25, -0.2) is 9.97 Å². The normalized spacial score (nSPS) is 10.3. The lowest BCUT2D eigenvalue weighted by Crippen LogP contribution is -2.02. The van der Waals surface area contributed by atoms with Crippen molar-refractivity contribution in [3.8, 4) is 11.6 Å². The lowest BCUT2D eigenvalue weighted by atomic mass is 10.2. The molecule has 0 saturated carbocycles. The van der Waals surface area contributed by atoms with Crippen molar-refractivity contribution < 1.29 is 9.84 Å². The maximum Gasteiger partial charge on any atom is 0.227 e. The number of aliphatic hydroxyl groups excluding tert-OH is 1. The Labute approximate surface area is 112 Å². The van der Waals surface area contributed by atoms with Gasteiger partial charge in [0.1, 0.15) is 17.9 Å². The smallest absolute Gasteiger partial charge is 0.227 e. The molecule has 0 bridgehead atoms. The lowest BCUT2D eigenvalue weighted by Gasteiger charge is -2.11. The maximum absolute atomic E-state index is 9.00. The molecule has 2 rings (SSSR count). The van der Waals surface area contributed by atoms with E-state index in [0.717, 1.165) is 23.4 Å². The summed E-state index contributed by atoms with van der Waals surface area (Å²) >= 11 is 0. The van der Waals surface area contributed by atoms with Gasteiger partial charge in [-0.05, 0) is 24.1 Å². The van der Waals surface area contributed by atoms with Gasteiger partial charge in [-0.2, -0.15) is 0 Å². The summed E-state index contributed by atoms with van der Waals surface area (Å²) in [6.45, 7) is 2.05. The number of aromatic nitrogens is 2. The van der Waals surface area contributed by atoms with Gasteiger partial charge in [0.15, 0.2) is 0 Å². The Morgan fingerprint density at radius 2 is 1.95 bits per heavy atom. The van der Waals surface area contributed by atoms with Gasteiger partial charge in [0.05, 0.1) is 12.2 Å². The molecule has 2 N–H and O–H groups in total. The molecule has 0 saturated heterocycles. The summed E-state index contributed by atoms with van der Waals surface area (Å²) in [5.74, 6) is 2.02. The predicted molar refractivity (Wildman–Crippen MR) is 73.4 cm³/mol. The maximum atomic E-state index is 9.00. The number of rotatable bonds is 5. The summed E-state index contributed by atoms with van der Waals surface area (Å²) in [6.07, 6.45) is 2.25. The summed E-state index contributed by atoms with van der Waals surface area (Å²) in [7, 11) is 1.82. The van der Waals surface area contributed by atoms with Crippen molar-refractivity contribution >= 4 is 5.82 Å². The fourth-order valence-corrected chi connectivity index (χ4v) is 1.79. The molecule has 1 aromatic heterocycles. The highest BCUT2D eigenvalue weighted by atomic mass is 16.5.